The Morgan fingerprint density at radius 3 is 2.14 bits per heavy atom. The van der Waals surface area contributed by atoms with Gasteiger partial charge in [0.05, 0.1) is 5.60 Å². The van der Waals surface area contributed by atoms with Crippen molar-refractivity contribution in [1.82, 2.24) is 4.72 Å². The molecule has 0 atom stereocenters. The number of rotatable bonds is 4. The number of halogens is 1. The van der Waals surface area contributed by atoms with Crippen molar-refractivity contribution in [3.05, 3.63) is 45.1 Å². The molecule has 156 valence electrons. The number of fused-ring (bicyclic) bond motifs is 2. The summed E-state index contributed by atoms with van der Waals surface area (Å²) in [4.78, 5) is 13.0. The van der Waals surface area contributed by atoms with E-state index in [1.165, 1.54) is 12.1 Å². The maximum absolute atomic E-state index is 14.7. The third-order valence-corrected chi connectivity index (χ3v) is 8.70. The number of urea groups is 1. The molecule has 9 heteroatoms. The topological polar surface area (TPSA) is 95.5 Å². The first-order valence-electron chi connectivity index (χ1n) is 9.59. The van der Waals surface area contributed by atoms with Gasteiger partial charge in [0.15, 0.2) is 0 Å². The fourth-order valence-corrected chi connectivity index (χ4v) is 6.36. The molecule has 2 amide bonds. The quantitative estimate of drug-likeness (QED) is 0.680. The van der Waals surface area contributed by atoms with Gasteiger partial charge in [-0.2, -0.15) is 0 Å². The van der Waals surface area contributed by atoms with Gasteiger partial charge in [-0.05, 0) is 86.8 Å². The Morgan fingerprint density at radius 1 is 1.07 bits per heavy atom. The molecule has 2 aromatic rings. The van der Waals surface area contributed by atoms with Crippen molar-refractivity contribution in [2.45, 2.75) is 62.2 Å². The molecule has 0 radical (unpaired) electrons. The van der Waals surface area contributed by atoms with E-state index in [1.54, 1.807) is 13.8 Å². The standard InChI is InChI=1S/C20H23FN2O4S2/c1-20(2,25)15-9-10-16(28-15)29(26,27)23-19(24)22-18-13-7-3-5-11(13)17(21)12-6-4-8-14(12)18/h9-10,25H,3-8H2,1-2H3,(H2,22,23,24). The van der Waals surface area contributed by atoms with Gasteiger partial charge in [-0.25, -0.2) is 22.3 Å². The fourth-order valence-electron chi connectivity index (χ4n) is 4.14. The predicted molar refractivity (Wildman–Crippen MR) is 109 cm³/mol. The Balaban J connectivity index is 1.59. The second-order valence-electron chi connectivity index (χ2n) is 8.05. The number of carbonyl (C=O) groups is 1. The van der Waals surface area contributed by atoms with Crippen LogP contribution in [0.1, 0.15) is 53.8 Å². The Morgan fingerprint density at radius 2 is 1.62 bits per heavy atom. The van der Waals surface area contributed by atoms with Crippen LogP contribution in [-0.4, -0.2) is 19.6 Å². The average Bonchev–Trinajstić information content (AvgIpc) is 3.37. The van der Waals surface area contributed by atoms with E-state index in [9.17, 15) is 22.7 Å². The van der Waals surface area contributed by atoms with E-state index < -0.39 is 21.7 Å². The van der Waals surface area contributed by atoms with Crippen LogP contribution in [-0.2, 0) is 41.3 Å². The van der Waals surface area contributed by atoms with Crippen LogP contribution in [0.2, 0.25) is 0 Å². The molecule has 0 fully saturated rings. The lowest BCUT2D eigenvalue weighted by Gasteiger charge is -2.17. The van der Waals surface area contributed by atoms with Gasteiger partial charge < -0.3 is 10.4 Å². The van der Waals surface area contributed by atoms with Crippen LogP contribution in [0, 0.1) is 5.82 Å². The summed E-state index contributed by atoms with van der Waals surface area (Å²) in [5, 5.41) is 12.7. The molecule has 1 heterocycles. The lowest BCUT2D eigenvalue weighted by molar-refractivity contribution is 0.0825. The van der Waals surface area contributed by atoms with Crippen LogP contribution in [0.3, 0.4) is 0 Å². The fraction of sp³-hybridized carbons (Fsp3) is 0.450. The van der Waals surface area contributed by atoms with Crippen LogP contribution >= 0.6 is 11.3 Å². The molecule has 0 saturated carbocycles. The molecule has 1 aromatic carbocycles. The van der Waals surface area contributed by atoms with Crippen LogP contribution < -0.4 is 10.0 Å². The molecule has 29 heavy (non-hydrogen) atoms. The Hall–Kier alpha value is -1.97. The summed E-state index contributed by atoms with van der Waals surface area (Å²) < 4.78 is 41.9. The molecular weight excluding hydrogens is 415 g/mol. The zero-order valence-electron chi connectivity index (χ0n) is 16.3. The van der Waals surface area contributed by atoms with E-state index in [0.717, 1.165) is 35.3 Å². The van der Waals surface area contributed by atoms with E-state index in [1.807, 2.05) is 4.72 Å². The van der Waals surface area contributed by atoms with Crippen molar-refractivity contribution >= 4 is 33.1 Å². The summed E-state index contributed by atoms with van der Waals surface area (Å²) in [5.74, 6) is -0.152. The summed E-state index contributed by atoms with van der Waals surface area (Å²) >= 11 is 0.907. The monoisotopic (exact) mass is 438 g/mol. The van der Waals surface area contributed by atoms with Crippen molar-refractivity contribution in [3.8, 4) is 0 Å². The lowest BCUT2D eigenvalue weighted by atomic mass is 9.98. The third-order valence-electron chi connectivity index (χ3n) is 5.48. The molecule has 1 aromatic heterocycles. The van der Waals surface area contributed by atoms with Crippen LogP contribution in [0.25, 0.3) is 0 Å². The molecule has 0 bridgehead atoms. The van der Waals surface area contributed by atoms with Crippen LogP contribution in [0.15, 0.2) is 16.3 Å². The molecule has 2 aliphatic rings. The Bertz CT molecular complexity index is 1070. The van der Waals surface area contributed by atoms with Crippen molar-refractivity contribution in [3.63, 3.8) is 0 Å². The molecule has 4 rings (SSSR count). The maximum atomic E-state index is 14.7. The average molecular weight is 439 g/mol. The number of hydrogen-bond donors (Lipinski definition) is 3. The first kappa shape index (κ1) is 20.3. The highest BCUT2D eigenvalue weighted by molar-refractivity contribution is 7.92. The lowest BCUT2D eigenvalue weighted by Crippen LogP contribution is -2.34. The smallest absolute Gasteiger partial charge is 0.333 e. The summed E-state index contributed by atoms with van der Waals surface area (Å²) in [7, 11) is -4.08. The van der Waals surface area contributed by atoms with Gasteiger partial charge in [-0.3, -0.25) is 0 Å². The van der Waals surface area contributed by atoms with Crippen LogP contribution in [0.4, 0.5) is 14.9 Å². The number of sulfonamides is 1. The van der Waals surface area contributed by atoms with Gasteiger partial charge in [0, 0.05) is 10.6 Å². The predicted octanol–water partition coefficient (Wildman–Crippen LogP) is 3.60. The minimum atomic E-state index is -4.08. The Kier molecular flexibility index (Phi) is 4.95. The number of benzene rings is 1. The zero-order chi connectivity index (χ0) is 21.0. The van der Waals surface area contributed by atoms with Gasteiger partial charge in [-0.15, -0.1) is 11.3 Å². The largest absolute Gasteiger partial charge is 0.385 e. The first-order chi connectivity index (χ1) is 13.6. The van der Waals surface area contributed by atoms with Crippen molar-refractivity contribution < 1.29 is 22.7 Å². The highest BCUT2D eigenvalue weighted by Gasteiger charge is 2.31. The summed E-state index contributed by atoms with van der Waals surface area (Å²) in [5.41, 5.74) is 2.28. The molecule has 0 spiro atoms. The third kappa shape index (κ3) is 3.67. The van der Waals surface area contributed by atoms with Crippen molar-refractivity contribution in [2.75, 3.05) is 5.32 Å². The molecule has 6 nitrogen and oxygen atoms in total. The second-order valence-corrected chi connectivity index (χ2v) is 11.0. The highest BCUT2D eigenvalue weighted by atomic mass is 32.2. The number of thiophene rings is 1. The van der Waals surface area contributed by atoms with Gasteiger partial charge >= 0.3 is 6.03 Å². The molecular formula is C20H23FN2O4S2. The normalized spacial score (nSPS) is 15.9. The molecule has 2 aliphatic carbocycles. The second kappa shape index (κ2) is 7.07. The van der Waals surface area contributed by atoms with Gasteiger partial charge in [0.25, 0.3) is 10.0 Å². The van der Waals surface area contributed by atoms with Crippen molar-refractivity contribution in [1.29, 1.82) is 0 Å². The molecule has 0 unspecified atom stereocenters. The molecule has 3 N–H and O–H groups in total. The van der Waals surface area contributed by atoms with E-state index in [2.05, 4.69) is 5.32 Å². The number of carbonyl (C=O) groups excluding carboxylic acids is 1. The number of amides is 2. The summed E-state index contributed by atoms with van der Waals surface area (Å²) in [6, 6.07) is 2.02. The number of aliphatic hydroxyl groups is 1. The summed E-state index contributed by atoms with van der Waals surface area (Å²) in [6.45, 7) is 3.12. The summed E-state index contributed by atoms with van der Waals surface area (Å²) in [6.07, 6.45) is 4.25. The minimum absolute atomic E-state index is 0.0562. The maximum Gasteiger partial charge on any atom is 0.333 e. The molecule has 0 saturated heterocycles. The van der Waals surface area contributed by atoms with Gasteiger partial charge in [0.2, 0.25) is 0 Å². The SMILES string of the molecule is CC(C)(O)c1ccc(S(=O)(=O)NC(=O)Nc2c3c(c(F)c4c2CCC4)CCC3)s1. The molecule has 0 aliphatic heterocycles. The minimum Gasteiger partial charge on any atom is -0.385 e. The highest BCUT2D eigenvalue weighted by Crippen LogP contribution is 2.41. The zero-order valence-corrected chi connectivity index (χ0v) is 17.9. The van der Waals surface area contributed by atoms with Crippen LogP contribution in [0.5, 0.6) is 0 Å². The van der Waals surface area contributed by atoms with Crippen molar-refractivity contribution in [2.24, 2.45) is 0 Å². The van der Waals surface area contributed by atoms with Gasteiger partial charge in [0.1, 0.15) is 10.0 Å². The Labute approximate surface area is 173 Å². The van der Waals surface area contributed by atoms with E-state index in [-0.39, 0.29) is 10.0 Å². The van der Waals surface area contributed by atoms with E-state index >= 15 is 0 Å². The first-order valence-corrected chi connectivity index (χ1v) is 11.9. The van der Waals surface area contributed by atoms with Gasteiger partial charge in [-0.1, -0.05) is 0 Å². The number of nitrogens with one attached hydrogen (secondary N) is 2. The van der Waals surface area contributed by atoms with E-state index in [0.29, 0.717) is 47.4 Å². The van der Waals surface area contributed by atoms with E-state index in [4.69, 9.17) is 0 Å². The number of anilines is 1. The number of hydrogen-bond acceptors (Lipinski definition) is 5.